The lowest BCUT2D eigenvalue weighted by atomic mass is 9.95. The summed E-state index contributed by atoms with van der Waals surface area (Å²) in [6.07, 6.45) is -0.755. The predicted molar refractivity (Wildman–Crippen MR) is 69.0 cm³/mol. The molecular weight excluding hydrogens is 246 g/mol. The summed E-state index contributed by atoms with van der Waals surface area (Å²) in [5.74, 6) is -1.09. The lowest BCUT2D eigenvalue weighted by Crippen LogP contribution is -2.50. The van der Waals surface area contributed by atoms with Gasteiger partial charge in [-0.15, -0.1) is 0 Å². The van der Waals surface area contributed by atoms with E-state index in [1.165, 1.54) is 5.56 Å². The number of primary amides is 1. The third kappa shape index (κ3) is 3.30. The Kier molecular flexibility index (Phi) is 4.13. The number of nitrogens with two attached hydrogens (primary N) is 1. The van der Waals surface area contributed by atoms with Gasteiger partial charge in [0.1, 0.15) is 6.10 Å². The van der Waals surface area contributed by atoms with Crippen molar-refractivity contribution in [2.24, 2.45) is 5.73 Å². The highest BCUT2D eigenvalue weighted by Gasteiger charge is 2.24. The van der Waals surface area contributed by atoms with Crippen LogP contribution in [0.25, 0.3) is 0 Å². The van der Waals surface area contributed by atoms with Gasteiger partial charge in [0, 0.05) is 6.54 Å². The fourth-order valence-corrected chi connectivity index (χ4v) is 2.06. The van der Waals surface area contributed by atoms with Crippen LogP contribution in [-0.4, -0.2) is 35.6 Å². The van der Waals surface area contributed by atoms with Crippen LogP contribution >= 0.6 is 0 Å². The molecule has 0 radical (unpaired) electrons. The molecule has 1 aliphatic rings. The molecule has 0 aromatic heterocycles. The molecule has 5 N–H and O–H groups in total. The normalized spacial score (nSPS) is 19.3. The lowest BCUT2D eigenvalue weighted by molar-refractivity contribution is -0.127. The third-order valence-corrected chi connectivity index (χ3v) is 3.20. The second-order valence-electron chi connectivity index (χ2n) is 4.57. The summed E-state index contributed by atoms with van der Waals surface area (Å²) in [5.41, 5.74) is 7.23. The second kappa shape index (κ2) is 5.81. The van der Waals surface area contributed by atoms with Gasteiger partial charge in [0.05, 0.1) is 12.6 Å². The monoisotopic (exact) mass is 263 g/mol. The van der Waals surface area contributed by atoms with Crippen LogP contribution in [0.15, 0.2) is 24.3 Å². The second-order valence-corrected chi connectivity index (χ2v) is 4.57. The lowest BCUT2D eigenvalue weighted by Gasteiger charge is -2.25. The van der Waals surface area contributed by atoms with Gasteiger partial charge in [-0.2, -0.15) is 0 Å². The van der Waals surface area contributed by atoms with Gasteiger partial charge in [-0.3, -0.25) is 9.59 Å². The molecule has 1 aliphatic heterocycles. The Morgan fingerprint density at radius 1 is 1.42 bits per heavy atom. The number of aliphatic hydroxyl groups excluding tert-OH is 1. The Balaban J connectivity index is 1.90. The molecule has 19 heavy (non-hydrogen) atoms. The third-order valence-electron chi connectivity index (χ3n) is 3.20. The maximum Gasteiger partial charge on any atom is 0.248 e. The maximum absolute atomic E-state index is 11.9. The molecule has 0 spiro atoms. The Hall–Kier alpha value is -1.92. The Labute approximate surface area is 111 Å². The standard InChI is InChI=1S/C13H17N3O3/c14-12(18)11(17)7-16-13(19)10-5-8-3-1-2-4-9(8)6-15-10/h1-4,10-11,15,17H,5-7H2,(H2,14,18)(H,16,19). The summed E-state index contributed by atoms with van der Waals surface area (Å²) in [7, 11) is 0. The highest BCUT2D eigenvalue weighted by Crippen LogP contribution is 2.16. The van der Waals surface area contributed by atoms with Crippen molar-refractivity contribution in [2.45, 2.75) is 25.1 Å². The summed E-state index contributed by atoms with van der Waals surface area (Å²) < 4.78 is 0. The molecular formula is C13H17N3O3. The van der Waals surface area contributed by atoms with Crippen molar-refractivity contribution in [2.75, 3.05) is 6.54 Å². The molecule has 0 saturated heterocycles. The molecule has 6 nitrogen and oxygen atoms in total. The van der Waals surface area contributed by atoms with Crippen LogP contribution in [0.2, 0.25) is 0 Å². The van der Waals surface area contributed by atoms with E-state index in [9.17, 15) is 14.7 Å². The minimum Gasteiger partial charge on any atom is -0.381 e. The number of amides is 2. The number of carbonyl (C=O) groups excluding carboxylic acids is 2. The van der Waals surface area contributed by atoms with Crippen LogP contribution in [0, 0.1) is 0 Å². The summed E-state index contributed by atoms with van der Waals surface area (Å²) in [5, 5.41) is 14.9. The van der Waals surface area contributed by atoms with Gasteiger partial charge in [-0.05, 0) is 17.5 Å². The number of hydrogen-bond donors (Lipinski definition) is 4. The smallest absolute Gasteiger partial charge is 0.248 e. The number of aliphatic hydroxyl groups is 1. The summed E-state index contributed by atoms with van der Waals surface area (Å²) in [6.45, 7) is 0.473. The highest BCUT2D eigenvalue weighted by molar-refractivity contribution is 5.84. The van der Waals surface area contributed by atoms with E-state index >= 15 is 0 Å². The number of nitrogens with one attached hydrogen (secondary N) is 2. The first-order valence-corrected chi connectivity index (χ1v) is 6.13. The van der Waals surface area contributed by atoms with E-state index in [0.717, 1.165) is 5.56 Å². The first kappa shape index (κ1) is 13.5. The fraction of sp³-hybridized carbons (Fsp3) is 0.385. The number of rotatable bonds is 4. The van der Waals surface area contributed by atoms with Crippen molar-refractivity contribution >= 4 is 11.8 Å². The van der Waals surface area contributed by atoms with Crippen molar-refractivity contribution in [3.8, 4) is 0 Å². The van der Waals surface area contributed by atoms with Gasteiger partial charge in [-0.25, -0.2) is 0 Å². The summed E-state index contributed by atoms with van der Waals surface area (Å²) in [4.78, 5) is 22.6. The van der Waals surface area contributed by atoms with Crippen molar-refractivity contribution in [1.82, 2.24) is 10.6 Å². The maximum atomic E-state index is 11.9. The predicted octanol–water partition coefficient (Wildman–Crippen LogP) is -1.34. The average Bonchev–Trinajstić information content (AvgIpc) is 2.43. The molecule has 0 saturated carbocycles. The van der Waals surface area contributed by atoms with Gasteiger partial charge in [-0.1, -0.05) is 24.3 Å². The molecule has 2 rings (SSSR count). The molecule has 6 heteroatoms. The van der Waals surface area contributed by atoms with Crippen molar-refractivity contribution in [3.05, 3.63) is 35.4 Å². The average molecular weight is 263 g/mol. The fourth-order valence-electron chi connectivity index (χ4n) is 2.06. The van der Waals surface area contributed by atoms with Gasteiger partial charge < -0.3 is 21.5 Å². The van der Waals surface area contributed by atoms with E-state index in [-0.39, 0.29) is 18.5 Å². The summed E-state index contributed by atoms with van der Waals surface area (Å²) >= 11 is 0. The topological polar surface area (TPSA) is 104 Å². The van der Waals surface area contributed by atoms with E-state index in [1.54, 1.807) is 0 Å². The zero-order valence-corrected chi connectivity index (χ0v) is 10.4. The van der Waals surface area contributed by atoms with Gasteiger partial charge in [0.15, 0.2) is 0 Å². The van der Waals surface area contributed by atoms with Crippen LogP contribution in [0.5, 0.6) is 0 Å². The number of fused-ring (bicyclic) bond motifs is 1. The van der Waals surface area contributed by atoms with Crippen LogP contribution in [0.1, 0.15) is 11.1 Å². The molecule has 2 amide bonds. The quantitative estimate of drug-likeness (QED) is 0.540. The van der Waals surface area contributed by atoms with Crippen molar-refractivity contribution in [1.29, 1.82) is 0 Å². The Morgan fingerprint density at radius 2 is 2.11 bits per heavy atom. The van der Waals surface area contributed by atoms with Gasteiger partial charge in [0.2, 0.25) is 11.8 Å². The Morgan fingerprint density at radius 3 is 2.79 bits per heavy atom. The highest BCUT2D eigenvalue weighted by atomic mass is 16.3. The van der Waals surface area contributed by atoms with Gasteiger partial charge >= 0.3 is 0 Å². The summed E-state index contributed by atoms with van der Waals surface area (Å²) in [6, 6.07) is 7.57. The SMILES string of the molecule is NC(=O)C(O)CNC(=O)C1Cc2ccccc2CN1. The number of benzene rings is 1. The molecule has 0 fully saturated rings. The first-order chi connectivity index (χ1) is 9.08. The molecule has 102 valence electrons. The molecule has 1 heterocycles. The minimum absolute atomic E-state index is 0.159. The van der Waals surface area contributed by atoms with E-state index < -0.39 is 12.0 Å². The molecule has 0 bridgehead atoms. The Bertz CT molecular complexity index is 490. The largest absolute Gasteiger partial charge is 0.381 e. The first-order valence-electron chi connectivity index (χ1n) is 6.13. The van der Waals surface area contributed by atoms with Crippen molar-refractivity contribution < 1.29 is 14.7 Å². The van der Waals surface area contributed by atoms with Crippen LogP contribution in [-0.2, 0) is 22.6 Å². The van der Waals surface area contributed by atoms with Crippen LogP contribution in [0.4, 0.5) is 0 Å². The molecule has 2 atom stereocenters. The molecule has 1 aromatic carbocycles. The van der Waals surface area contributed by atoms with Gasteiger partial charge in [0.25, 0.3) is 0 Å². The zero-order chi connectivity index (χ0) is 13.8. The van der Waals surface area contributed by atoms with E-state index in [0.29, 0.717) is 13.0 Å². The molecule has 1 aromatic rings. The zero-order valence-electron chi connectivity index (χ0n) is 10.4. The number of carbonyl (C=O) groups is 2. The van der Waals surface area contributed by atoms with Crippen LogP contribution in [0.3, 0.4) is 0 Å². The van der Waals surface area contributed by atoms with Crippen molar-refractivity contribution in [3.63, 3.8) is 0 Å². The van der Waals surface area contributed by atoms with E-state index in [4.69, 9.17) is 5.73 Å². The van der Waals surface area contributed by atoms with E-state index in [2.05, 4.69) is 10.6 Å². The van der Waals surface area contributed by atoms with Crippen LogP contribution < -0.4 is 16.4 Å². The molecule has 0 aliphatic carbocycles. The number of hydrogen-bond acceptors (Lipinski definition) is 4. The minimum atomic E-state index is -1.35. The molecule has 2 unspecified atom stereocenters. The van der Waals surface area contributed by atoms with E-state index in [1.807, 2.05) is 24.3 Å².